The van der Waals surface area contributed by atoms with Crippen molar-refractivity contribution in [2.75, 3.05) is 0 Å². The van der Waals surface area contributed by atoms with Crippen LogP contribution in [0.25, 0.3) is 11.4 Å². The van der Waals surface area contributed by atoms with E-state index >= 15 is 0 Å². The number of nitrogens with zero attached hydrogens (tertiary/aromatic N) is 3. The van der Waals surface area contributed by atoms with Crippen LogP contribution in [0.15, 0.2) is 65.9 Å². The quantitative estimate of drug-likeness (QED) is 0.359. The second kappa shape index (κ2) is 9.86. The smallest absolute Gasteiger partial charge is 0.159 e. The summed E-state index contributed by atoms with van der Waals surface area (Å²) in [6.45, 7) is 2.23. The molecule has 0 fully saturated rings. The van der Waals surface area contributed by atoms with Crippen LogP contribution in [0.1, 0.15) is 36.5 Å². The summed E-state index contributed by atoms with van der Waals surface area (Å²) in [5.41, 5.74) is 5.68. The molecule has 0 aliphatic rings. The number of aliphatic imine (C=N–C) groups is 1. The third-order valence-electron chi connectivity index (χ3n) is 4.55. The summed E-state index contributed by atoms with van der Waals surface area (Å²) in [7, 11) is 0. The van der Waals surface area contributed by atoms with E-state index in [-0.39, 0.29) is 0 Å². The van der Waals surface area contributed by atoms with Gasteiger partial charge in [0.2, 0.25) is 0 Å². The molecule has 0 amide bonds. The number of benzene rings is 2. The second-order valence-electron chi connectivity index (χ2n) is 6.58. The molecule has 0 spiro atoms. The molecule has 0 unspecified atom stereocenters. The van der Waals surface area contributed by atoms with Gasteiger partial charge in [-0.1, -0.05) is 37.6 Å². The Kier molecular flexibility index (Phi) is 6.97. The number of thiocarbonyl (C=S) groups is 1. The summed E-state index contributed by atoms with van der Waals surface area (Å²) in [4.78, 5) is 13.0. The lowest BCUT2D eigenvalue weighted by molar-refractivity contribution is 0.794. The number of hydrogen-bond donors (Lipinski definition) is 0. The van der Waals surface area contributed by atoms with Crippen LogP contribution in [-0.2, 0) is 19.3 Å². The Labute approximate surface area is 166 Å². The van der Waals surface area contributed by atoms with Gasteiger partial charge in [0.05, 0.1) is 10.8 Å². The molecule has 4 heteroatoms. The zero-order valence-corrected chi connectivity index (χ0v) is 16.4. The lowest BCUT2D eigenvalue weighted by Gasteiger charge is -2.05. The van der Waals surface area contributed by atoms with Crippen molar-refractivity contribution >= 4 is 23.1 Å². The third kappa shape index (κ3) is 5.65. The van der Waals surface area contributed by atoms with Gasteiger partial charge in [0.15, 0.2) is 5.82 Å². The highest BCUT2D eigenvalue weighted by Gasteiger charge is 2.03. The predicted molar refractivity (Wildman–Crippen MR) is 115 cm³/mol. The first-order valence-corrected chi connectivity index (χ1v) is 9.76. The summed E-state index contributed by atoms with van der Waals surface area (Å²) >= 11 is 4.62. The highest BCUT2D eigenvalue weighted by molar-refractivity contribution is 7.78. The van der Waals surface area contributed by atoms with Crippen LogP contribution in [0, 0.1) is 0 Å². The lowest BCUT2D eigenvalue weighted by atomic mass is 10.0. The molecule has 0 radical (unpaired) electrons. The molecule has 136 valence electrons. The first kappa shape index (κ1) is 19.1. The minimum atomic E-state index is 0.719. The highest BCUT2D eigenvalue weighted by Crippen LogP contribution is 2.19. The summed E-state index contributed by atoms with van der Waals surface area (Å²) < 4.78 is 0. The van der Waals surface area contributed by atoms with Gasteiger partial charge in [-0.15, -0.1) is 0 Å². The molecule has 1 aromatic heterocycles. The van der Waals surface area contributed by atoms with Crippen molar-refractivity contribution in [1.29, 1.82) is 0 Å². The molecular weight excluding hydrogens is 350 g/mol. The summed E-state index contributed by atoms with van der Waals surface area (Å²) in [5, 5.41) is 2.37. The monoisotopic (exact) mass is 373 g/mol. The molecule has 0 atom stereocenters. The van der Waals surface area contributed by atoms with Gasteiger partial charge in [-0.2, -0.15) is 4.99 Å². The van der Waals surface area contributed by atoms with Gasteiger partial charge >= 0.3 is 0 Å². The van der Waals surface area contributed by atoms with Crippen LogP contribution in [0.3, 0.4) is 0 Å². The first-order chi connectivity index (χ1) is 13.3. The lowest BCUT2D eigenvalue weighted by Crippen LogP contribution is -1.96. The maximum Gasteiger partial charge on any atom is 0.159 e. The van der Waals surface area contributed by atoms with Crippen molar-refractivity contribution in [3.05, 3.63) is 77.6 Å². The average molecular weight is 374 g/mol. The van der Waals surface area contributed by atoms with E-state index in [4.69, 9.17) is 0 Å². The molecule has 0 aliphatic heterocycles. The Morgan fingerprint density at radius 3 is 2.00 bits per heavy atom. The number of aryl methyl sites for hydroxylation is 3. The van der Waals surface area contributed by atoms with Crippen molar-refractivity contribution in [3.63, 3.8) is 0 Å². The normalized spacial score (nSPS) is 10.4. The SMILES string of the molecule is CCCCc1ccc(CCc2cnc(-c3ccc(N=C=S)cc3)nc2)cc1. The predicted octanol–water partition coefficient (Wildman–Crippen LogP) is 6.01. The standard InChI is InChI=1S/C23H23N3S/c1-2-3-4-18-5-7-19(8-6-18)9-10-20-15-24-23(25-16-20)21-11-13-22(14-12-21)26-17-27/h5-8,11-16H,2-4,9-10H2,1H3. The van der Waals surface area contributed by atoms with E-state index in [0.29, 0.717) is 0 Å². The zero-order chi connectivity index (χ0) is 18.9. The Morgan fingerprint density at radius 2 is 1.41 bits per heavy atom. The Bertz CT molecular complexity index is 894. The van der Waals surface area contributed by atoms with Gasteiger partial charge < -0.3 is 0 Å². The number of hydrogen-bond acceptors (Lipinski definition) is 4. The zero-order valence-electron chi connectivity index (χ0n) is 15.6. The van der Waals surface area contributed by atoms with Gasteiger partial charge in [-0.25, -0.2) is 9.97 Å². The van der Waals surface area contributed by atoms with Gasteiger partial charge in [-0.05, 0) is 78.9 Å². The van der Waals surface area contributed by atoms with Gasteiger partial charge in [0.25, 0.3) is 0 Å². The molecule has 0 saturated carbocycles. The largest absolute Gasteiger partial charge is 0.236 e. The number of aromatic nitrogens is 2. The molecule has 3 aromatic rings. The Hall–Kier alpha value is -2.68. The first-order valence-electron chi connectivity index (χ1n) is 9.35. The maximum atomic E-state index is 4.62. The Morgan fingerprint density at radius 1 is 0.815 bits per heavy atom. The van der Waals surface area contributed by atoms with Crippen LogP contribution >= 0.6 is 12.2 Å². The van der Waals surface area contributed by atoms with Crippen molar-refractivity contribution in [2.45, 2.75) is 39.0 Å². The molecular formula is C23H23N3S. The van der Waals surface area contributed by atoms with Crippen molar-refractivity contribution in [3.8, 4) is 11.4 Å². The minimum Gasteiger partial charge on any atom is -0.236 e. The maximum absolute atomic E-state index is 4.62. The molecule has 27 heavy (non-hydrogen) atoms. The fourth-order valence-electron chi connectivity index (χ4n) is 2.91. The molecule has 0 bridgehead atoms. The number of isothiocyanates is 1. The van der Waals surface area contributed by atoms with Crippen molar-refractivity contribution in [1.82, 2.24) is 9.97 Å². The molecule has 2 aromatic carbocycles. The molecule has 3 nitrogen and oxygen atoms in total. The van der Waals surface area contributed by atoms with Crippen molar-refractivity contribution in [2.24, 2.45) is 4.99 Å². The van der Waals surface area contributed by atoms with E-state index in [9.17, 15) is 0 Å². The van der Waals surface area contributed by atoms with E-state index in [1.54, 1.807) is 0 Å². The Balaban J connectivity index is 1.58. The van der Waals surface area contributed by atoms with E-state index in [1.165, 1.54) is 30.4 Å². The van der Waals surface area contributed by atoms with Crippen LogP contribution in [0.2, 0.25) is 0 Å². The van der Waals surface area contributed by atoms with Gasteiger partial charge in [0.1, 0.15) is 0 Å². The number of rotatable bonds is 8. The van der Waals surface area contributed by atoms with Crippen LogP contribution < -0.4 is 0 Å². The summed E-state index contributed by atoms with van der Waals surface area (Å²) in [6.07, 6.45) is 9.44. The fourth-order valence-corrected chi connectivity index (χ4v) is 3.02. The molecule has 1 heterocycles. The van der Waals surface area contributed by atoms with Crippen LogP contribution in [0.5, 0.6) is 0 Å². The van der Waals surface area contributed by atoms with E-state index in [1.807, 2.05) is 36.7 Å². The average Bonchev–Trinajstić information content (AvgIpc) is 2.73. The number of unbranched alkanes of at least 4 members (excludes halogenated alkanes) is 1. The van der Waals surface area contributed by atoms with Gasteiger partial charge in [-0.3, -0.25) is 0 Å². The highest BCUT2D eigenvalue weighted by atomic mass is 32.1. The van der Waals surface area contributed by atoms with Crippen LogP contribution in [-0.4, -0.2) is 15.1 Å². The fraction of sp³-hybridized carbons (Fsp3) is 0.261. The summed E-state index contributed by atoms with van der Waals surface area (Å²) in [6, 6.07) is 16.6. The third-order valence-corrected chi connectivity index (χ3v) is 4.64. The van der Waals surface area contributed by atoms with Crippen molar-refractivity contribution < 1.29 is 0 Å². The second-order valence-corrected chi connectivity index (χ2v) is 6.77. The molecule has 0 aliphatic carbocycles. The molecule has 0 N–H and O–H groups in total. The van der Waals surface area contributed by atoms with E-state index in [0.717, 1.165) is 35.5 Å². The minimum absolute atomic E-state index is 0.719. The van der Waals surface area contributed by atoms with E-state index < -0.39 is 0 Å². The molecule has 3 rings (SSSR count). The van der Waals surface area contributed by atoms with Crippen LogP contribution in [0.4, 0.5) is 5.69 Å². The van der Waals surface area contributed by atoms with E-state index in [2.05, 4.69) is 63.5 Å². The van der Waals surface area contributed by atoms with Gasteiger partial charge in [0, 0.05) is 18.0 Å². The summed E-state index contributed by atoms with van der Waals surface area (Å²) in [5.74, 6) is 0.719. The molecule has 0 saturated heterocycles. The topological polar surface area (TPSA) is 38.1 Å².